The quantitative estimate of drug-likeness (QED) is 0.808. The average molecular weight is 295 g/mol. The van der Waals surface area contributed by atoms with Crippen molar-refractivity contribution in [2.75, 3.05) is 31.9 Å². The van der Waals surface area contributed by atoms with Crippen LogP contribution in [0.15, 0.2) is 12.1 Å². The van der Waals surface area contributed by atoms with E-state index in [1.54, 1.807) is 12.1 Å². The Morgan fingerprint density at radius 1 is 1.40 bits per heavy atom. The minimum atomic E-state index is -0.890. The minimum Gasteiger partial charge on any atom is -0.465 e. The summed E-state index contributed by atoms with van der Waals surface area (Å²) < 4.78 is 0. The van der Waals surface area contributed by atoms with Gasteiger partial charge in [-0.2, -0.15) is 5.26 Å². The molecule has 0 bridgehead atoms. The van der Waals surface area contributed by atoms with E-state index in [0.29, 0.717) is 49.0 Å². The van der Waals surface area contributed by atoms with Crippen LogP contribution in [-0.4, -0.2) is 47.2 Å². The molecule has 1 amide bonds. The first-order valence-corrected chi connectivity index (χ1v) is 6.57. The molecule has 0 spiro atoms. The van der Waals surface area contributed by atoms with Crippen LogP contribution in [0.5, 0.6) is 0 Å². The maximum atomic E-state index is 10.8. The van der Waals surface area contributed by atoms with Gasteiger partial charge in [0.05, 0.1) is 22.3 Å². The summed E-state index contributed by atoms with van der Waals surface area (Å²) in [7, 11) is 0. The van der Waals surface area contributed by atoms with Crippen LogP contribution in [0.2, 0.25) is 5.02 Å². The molecule has 0 atom stereocenters. The Morgan fingerprint density at radius 3 is 2.60 bits per heavy atom. The lowest BCUT2D eigenvalue weighted by Gasteiger charge is -2.33. The lowest BCUT2D eigenvalue weighted by atomic mass is 10.1. The Labute approximate surface area is 121 Å². The zero-order valence-electron chi connectivity index (χ0n) is 10.8. The third-order valence-corrected chi connectivity index (χ3v) is 3.80. The number of nitrogen functional groups attached to an aromatic ring is 1. The van der Waals surface area contributed by atoms with Crippen LogP contribution < -0.4 is 5.73 Å². The van der Waals surface area contributed by atoms with Crippen molar-refractivity contribution < 1.29 is 9.90 Å². The fourth-order valence-electron chi connectivity index (χ4n) is 2.23. The Hall–Kier alpha value is -1.97. The second-order valence-electron chi connectivity index (χ2n) is 4.70. The van der Waals surface area contributed by atoms with E-state index in [1.165, 1.54) is 4.90 Å². The predicted octanol–water partition coefficient (Wildman–Crippen LogP) is 1.59. The number of rotatable bonds is 2. The van der Waals surface area contributed by atoms with Gasteiger partial charge < -0.3 is 15.7 Å². The lowest BCUT2D eigenvalue weighted by molar-refractivity contribution is 0.103. The van der Waals surface area contributed by atoms with Crippen molar-refractivity contribution in [3.8, 4) is 6.07 Å². The topological polar surface area (TPSA) is 93.6 Å². The highest BCUT2D eigenvalue weighted by atomic mass is 35.5. The number of anilines is 1. The van der Waals surface area contributed by atoms with E-state index >= 15 is 0 Å². The molecule has 106 valence electrons. The van der Waals surface area contributed by atoms with Gasteiger partial charge in [0.2, 0.25) is 0 Å². The molecule has 2 rings (SSSR count). The fourth-order valence-corrected chi connectivity index (χ4v) is 2.40. The van der Waals surface area contributed by atoms with Gasteiger partial charge in [0, 0.05) is 32.7 Å². The predicted molar refractivity (Wildman–Crippen MR) is 75.5 cm³/mol. The molecule has 0 saturated carbocycles. The van der Waals surface area contributed by atoms with Crippen LogP contribution in [0.3, 0.4) is 0 Å². The summed E-state index contributed by atoms with van der Waals surface area (Å²) in [5.41, 5.74) is 7.45. The highest BCUT2D eigenvalue weighted by molar-refractivity contribution is 6.33. The largest absolute Gasteiger partial charge is 0.465 e. The number of piperazine rings is 1. The second kappa shape index (κ2) is 5.99. The number of halogens is 1. The summed E-state index contributed by atoms with van der Waals surface area (Å²) in [4.78, 5) is 14.3. The van der Waals surface area contributed by atoms with Crippen LogP contribution in [0.25, 0.3) is 0 Å². The van der Waals surface area contributed by atoms with E-state index in [4.69, 9.17) is 27.7 Å². The molecule has 6 nitrogen and oxygen atoms in total. The van der Waals surface area contributed by atoms with Crippen molar-refractivity contribution in [3.63, 3.8) is 0 Å². The van der Waals surface area contributed by atoms with Gasteiger partial charge in [-0.1, -0.05) is 11.6 Å². The van der Waals surface area contributed by atoms with E-state index in [-0.39, 0.29) is 0 Å². The van der Waals surface area contributed by atoms with Gasteiger partial charge in [-0.15, -0.1) is 0 Å². The summed E-state index contributed by atoms with van der Waals surface area (Å²) in [5.74, 6) is 0. The molecule has 1 saturated heterocycles. The van der Waals surface area contributed by atoms with Crippen LogP contribution in [-0.2, 0) is 6.54 Å². The molecule has 1 aliphatic rings. The summed E-state index contributed by atoms with van der Waals surface area (Å²) in [6, 6.07) is 5.33. The molecule has 1 fully saturated rings. The van der Waals surface area contributed by atoms with Crippen molar-refractivity contribution in [1.82, 2.24) is 9.80 Å². The van der Waals surface area contributed by atoms with Gasteiger partial charge in [-0.25, -0.2) is 4.79 Å². The van der Waals surface area contributed by atoms with Crippen LogP contribution in [0, 0.1) is 11.3 Å². The molecular formula is C13H15ClN4O2. The van der Waals surface area contributed by atoms with Crippen molar-refractivity contribution in [2.24, 2.45) is 0 Å². The number of nitriles is 1. The zero-order valence-corrected chi connectivity index (χ0v) is 11.6. The first kappa shape index (κ1) is 14.4. The Balaban J connectivity index is 2.07. The van der Waals surface area contributed by atoms with E-state index in [2.05, 4.69) is 11.0 Å². The van der Waals surface area contributed by atoms with E-state index < -0.39 is 6.09 Å². The molecule has 0 unspecified atom stereocenters. The molecule has 3 N–H and O–H groups in total. The smallest absolute Gasteiger partial charge is 0.407 e. The Bertz CT molecular complexity index is 562. The molecule has 7 heteroatoms. The molecule has 1 aromatic carbocycles. The van der Waals surface area contributed by atoms with Gasteiger partial charge in [0.15, 0.2) is 0 Å². The molecule has 20 heavy (non-hydrogen) atoms. The molecule has 1 aromatic rings. The molecule has 0 aromatic heterocycles. The number of nitrogens with two attached hydrogens (primary N) is 1. The monoisotopic (exact) mass is 294 g/mol. The summed E-state index contributed by atoms with van der Waals surface area (Å²) >= 11 is 6.15. The number of amides is 1. The van der Waals surface area contributed by atoms with Gasteiger partial charge in [-0.05, 0) is 17.7 Å². The minimum absolute atomic E-state index is 0.393. The Morgan fingerprint density at radius 2 is 2.05 bits per heavy atom. The van der Waals surface area contributed by atoms with Gasteiger partial charge in [0.1, 0.15) is 0 Å². The summed E-state index contributed by atoms with van der Waals surface area (Å²) in [6.07, 6.45) is -0.890. The highest BCUT2D eigenvalue weighted by Gasteiger charge is 2.21. The lowest BCUT2D eigenvalue weighted by Crippen LogP contribution is -2.47. The fraction of sp³-hybridized carbons (Fsp3) is 0.385. The first-order valence-electron chi connectivity index (χ1n) is 6.19. The number of carboxylic acid groups (broad SMARTS) is 1. The third kappa shape index (κ3) is 3.13. The van der Waals surface area contributed by atoms with Gasteiger partial charge >= 0.3 is 6.09 Å². The number of nitrogens with zero attached hydrogens (tertiary/aromatic N) is 3. The number of hydrogen-bond donors (Lipinski definition) is 2. The van der Waals surface area contributed by atoms with Crippen molar-refractivity contribution in [2.45, 2.75) is 6.54 Å². The zero-order chi connectivity index (χ0) is 14.7. The second-order valence-corrected chi connectivity index (χ2v) is 5.07. The van der Waals surface area contributed by atoms with Crippen LogP contribution in [0.4, 0.5) is 10.5 Å². The van der Waals surface area contributed by atoms with Gasteiger partial charge in [-0.3, -0.25) is 4.90 Å². The number of benzene rings is 1. The first-order chi connectivity index (χ1) is 9.51. The summed E-state index contributed by atoms with van der Waals surface area (Å²) in [5, 5.41) is 18.3. The third-order valence-electron chi connectivity index (χ3n) is 3.34. The average Bonchev–Trinajstić information content (AvgIpc) is 2.44. The standard InChI is InChI=1S/C13H15ClN4O2/c14-12-10(5-9(7-15)6-11(12)16)8-17-1-3-18(4-2-17)13(19)20/h5-6H,1-4,8,16H2,(H,19,20). The van der Waals surface area contributed by atoms with Crippen LogP contribution in [0.1, 0.15) is 11.1 Å². The molecular weight excluding hydrogens is 280 g/mol. The highest BCUT2D eigenvalue weighted by Crippen LogP contribution is 2.26. The van der Waals surface area contributed by atoms with Gasteiger partial charge in [0.25, 0.3) is 0 Å². The van der Waals surface area contributed by atoms with E-state index in [0.717, 1.165) is 5.56 Å². The van der Waals surface area contributed by atoms with Crippen molar-refractivity contribution >= 4 is 23.4 Å². The van der Waals surface area contributed by atoms with Crippen molar-refractivity contribution in [1.29, 1.82) is 5.26 Å². The van der Waals surface area contributed by atoms with Crippen LogP contribution >= 0.6 is 11.6 Å². The summed E-state index contributed by atoms with van der Waals surface area (Å²) in [6.45, 7) is 2.78. The maximum absolute atomic E-state index is 10.8. The van der Waals surface area contributed by atoms with E-state index in [9.17, 15) is 4.79 Å². The molecule has 1 aliphatic heterocycles. The number of hydrogen-bond acceptors (Lipinski definition) is 4. The molecule has 0 radical (unpaired) electrons. The Kier molecular flexibility index (Phi) is 4.32. The maximum Gasteiger partial charge on any atom is 0.407 e. The molecule has 0 aliphatic carbocycles. The molecule has 1 heterocycles. The SMILES string of the molecule is N#Cc1cc(N)c(Cl)c(CN2CCN(C(=O)O)CC2)c1. The number of carbonyl (C=O) groups is 1. The van der Waals surface area contributed by atoms with E-state index in [1.807, 2.05) is 0 Å². The van der Waals surface area contributed by atoms with Crippen molar-refractivity contribution in [3.05, 3.63) is 28.3 Å². The normalized spacial score (nSPS) is 15.9.